The number of furan rings is 1. The Morgan fingerprint density at radius 2 is 1.65 bits per heavy atom. The summed E-state index contributed by atoms with van der Waals surface area (Å²) in [7, 11) is 0. The Morgan fingerprint density at radius 3 is 2.35 bits per heavy atom. The Labute approximate surface area is 177 Å². The van der Waals surface area contributed by atoms with E-state index in [0.717, 1.165) is 10.5 Å². The van der Waals surface area contributed by atoms with Crippen molar-refractivity contribution in [3.8, 4) is 11.7 Å². The van der Waals surface area contributed by atoms with E-state index in [2.05, 4.69) is 15.5 Å². The first-order valence-electron chi connectivity index (χ1n) is 9.75. The van der Waals surface area contributed by atoms with Crippen LogP contribution in [0.25, 0.3) is 11.7 Å². The lowest BCUT2D eigenvalue weighted by atomic mass is 9.83. The average molecular weight is 414 g/mol. The van der Waals surface area contributed by atoms with Crippen molar-refractivity contribution in [2.75, 3.05) is 0 Å². The number of carbonyl (C=O) groups excluding carboxylic acids is 2. The molecule has 1 atom stereocenters. The first-order valence-corrected chi connectivity index (χ1v) is 9.75. The SMILES string of the molecule is O=C1N[C@](Cc2ccccc2)(c2ccccc2)C(=O)N1Cc1nnc(-c2ccco2)o1. The molecule has 1 N–H and O–H groups in total. The molecular formula is C23H18N4O4. The lowest BCUT2D eigenvalue weighted by Crippen LogP contribution is -2.46. The van der Waals surface area contributed by atoms with Crippen molar-refractivity contribution in [3.63, 3.8) is 0 Å². The van der Waals surface area contributed by atoms with E-state index in [1.54, 1.807) is 12.1 Å². The molecular weight excluding hydrogens is 396 g/mol. The Kier molecular flexibility index (Phi) is 4.59. The summed E-state index contributed by atoms with van der Waals surface area (Å²) in [6.45, 7) is -0.137. The summed E-state index contributed by atoms with van der Waals surface area (Å²) in [5.74, 6) is 0.369. The first-order chi connectivity index (χ1) is 15.2. The van der Waals surface area contributed by atoms with Gasteiger partial charge in [0.2, 0.25) is 5.89 Å². The Bertz CT molecular complexity index is 1200. The number of nitrogens with zero attached hydrogens (tertiary/aromatic N) is 3. The molecule has 5 rings (SSSR count). The van der Waals surface area contributed by atoms with Gasteiger partial charge in [-0.1, -0.05) is 60.7 Å². The summed E-state index contributed by atoms with van der Waals surface area (Å²) >= 11 is 0. The smallest absolute Gasteiger partial charge is 0.325 e. The maximum Gasteiger partial charge on any atom is 0.325 e. The van der Waals surface area contributed by atoms with Crippen LogP contribution < -0.4 is 5.32 Å². The molecule has 1 aliphatic rings. The van der Waals surface area contributed by atoms with Crippen molar-refractivity contribution in [3.05, 3.63) is 96.1 Å². The molecule has 8 nitrogen and oxygen atoms in total. The number of carbonyl (C=O) groups is 2. The molecule has 4 aromatic rings. The number of imide groups is 1. The van der Waals surface area contributed by atoms with Crippen LogP contribution in [-0.2, 0) is 23.3 Å². The van der Waals surface area contributed by atoms with Gasteiger partial charge in [-0.05, 0) is 23.3 Å². The second kappa shape index (κ2) is 7.56. The van der Waals surface area contributed by atoms with Crippen molar-refractivity contribution in [2.45, 2.75) is 18.5 Å². The second-order valence-electron chi connectivity index (χ2n) is 7.23. The van der Waals surface area contributed by atoms with E-state index in [9.17, 15) is 9.59 Å². The molecule has 1 fully saturated rings. The highest BCUT2D eigenvalue weighted by molar-refractivity contribution is 6.07. The number of amides is 3. The van der Waals surface area contributed by atoms with Gasteiger partial charge in [-0.3, -0.25) is 9.69 Å². The van der Waals surface area contributed by atoms with Crippen LogP contribution in [0.1, 0.15) is 17.0 Å². The monoisotopic (exact) mass is 414 g/mol. The quantitative estimate of drug-likeness (QED) is 0.485. The number of benzene rings is 2. The largest absolute Gasteiger partial charge is 0.459 e. The lowest BCUT2D eigenvalue weighted by molar-refractivity contribution is -0.132. The topological polar surface area (TPSA) is 101 Å². The van der Waals surface area contributed by atoms with E-state index < -0.39 is 11.6 Å². The van der Waals surface area contributed by atoms with E-state index in [-0.39, 0.29) is 24.2 Å². The van der Waals surface area contributed by atoms with Gasteiger partial charge in [0, 0.05) is 6.42 Å². The minimum atomic E-state index is -1.22. The summed E-state index contributed by atoms with van der Waals surface area (Å²) in [5.41, 5.74) is 0.421. The summed E-state index contributed by atoms with van der Waals surface area (Å²) in [6, 6.07) is 21.7. The van der Waals surface area contributed by atoms with E-state index in [0.29, 0.717) is 17.7 Å². The zero-order valence-electron chi connectivity index (χ0n) is 16.4. The number of hydrogen-bond donors (Lipinski definition) is 1. The lowest BCUT2D eigenvalue weighted by Gasteiger charge is -2.27. The molecule has 154 valence electrons. The fraction of sp³-hybridized carbons (Fsp3) is 0.130. The van der Waals surface area contributed by atoms with Gasteiger partial charge in [-0.2, -0.15) is 0 Å². The molecule has 8 heteroatoms. The molecule has 31 heavy (non-hydrogen) atoms. The van der Waals surface area contributed by atoms with Crippen molar-refractivity contribution in [1.82, 2.24) is 20.4 Å². The highest BCUT2D eigenvalue weighted by Crippen LogP contribution is 2.33. The van der Waals surface area contributed by atoms with Gasteiger partial charge >= 0.3 is 6.03 Å². The van der Waals surface area contributed by atoms with Gasteiger partial charge in [0.25, 0.3) is 11.8 Å². The molecule has 1 saturated heterocycles. The molecule has 0 radical (unpaired) electrons. The third-order valence-corrected chi connectivity index (χ3v) is 5.25. The third-order valence-electron chi connectivity index (χ3n) is 5.25. The molecule has 2 aromatic carbocycles. The molecule has 0 spiro atoms. The predicted molar refractivity (Wildman–Crippen MR) is 109 cm³/mol. The molecule has 0 bridgehead atoms. The summed E-state index contributed by atoms with van der Waals surface area (Å²) in [5, 5.41) is 10.8. The summed E-state index contributed by atoms with van der Waals surface area (Å²) in [6.07, 6.45) is 1.81. The third kappa shape index (κ3) is 3.38. The van der Waals surface area contributed by atoms with Crippen molar-refractivity contribution < 1.29 is 18.4 Å². The van der Waals surface area contributed by atoms with Gasteiger partial charge in [-0.15, -0.1) is 10.2 Å². The molecule has 0 aliphatic carbocycles. The summed E-state index contributed by atoms with van der Waals surface area (Å²) in [4.78, 5) is 27.6. The molecule has 0 saturated carbocycles. The normalized spacial score (nSPS) is 18.4. The fourth-order valence-corrected chi connectivity index (χ4v) is 3.76. The Balaban J connectivity index is 1.47. The Hall–Kier alpha value is -4.20. The second-order valence-corrected chi connectivity index (χ2v) is 7.23. The number of rotatable bonds is 6. The number of nitrogens with one attached hydrogen (secondary N) is 1. The van der Waals surface area contributed by atoms with E-state index in [1.165, 1.54) is 6.26 Å². The van der Waals surface area contributed by atoms with Crippen molar-refractivity contribution in [1.29, 1.82) is 0 Å². The van der Waals surface area contributed by atoms with E-state index in [1.807, 2.05) is 60.7 Å². The molecule has 2 aromatic heterocycles. The Morgan fingerprint density at radius 1 is 0.903 bits per heavy atom. The molecule has 3 heterocycles. The minimum absolute atomic E-state index is 0.137. The maximum absolute atomic E-state index is 13.6. The van der Waals surface area contributed by atoms with Gasteiger partial charge in [-0.25, -0.2) is 4.79 Å². The zero-order valence-corrected chi connectivity index (χ0v) is 16.4. The molecule has 0 unspecified atom stereocenters. The van der Waals surface area contributed by atoms with Crippen LogP contribution in [-0.4, -0.2) is 27.0 Å². The number of aromatic nitrogens is 2. The fourth-order valence-electron chi connectivity index (χ4n) is 3.76. The van der Waals surface area contributed by atoms with Gasteiger partial charge in [0.05, 0.1) is 6.26 Å². The summed E-state index contributed by atoms with van der Waals surface area (Å²) < 4.78 is 10.8. The predicted octanol–water partition coefficient (Wildman–Crippen LogP) is 3.52. The van der Waals surface area contributed by atoms with Crippen LogP contribution in [0.2, 0.25) is 0 Å². The molecule has 3 amide bonds. The molecule has 1 aliphatic heterocycles. The van der Waals surface area contributed by atoms with Crippen LogP contribution in [0.15, 0.2) is 87.9 Å². The number of urea groups is 1. The van der Waals surface area contributed by atoms with Gasteiger partial charge in [0.15, 0.2) is 11.3 Å². The maximum atomic E-state index is 13.6. The van der Waals surface area contributed by atoms with Crippen LogP contribution in [0, 0.1) is 0 Å². The van der Waals surface area contributed by atoms with Crippen molar-refractivity contribution >= 4 is 11.9 Å². The van der Waals surface area contributed by atoms with Crippen molar-refractivity contribution in [2.24, 2.45) is 0 Å². The average Bonchev–Trinajstić information content (AvgIpc) is 3.53. The van der Waals surface area contributed by atoms with Crippen LogP contribution in [0.5, 0.6) is 0 Å². The van der Waals surface area contributed by atoms with E-state index in [4.69, 9.17) is 8.83 Å². The standard InChI is InChI=1S/C23H18N4O4/c28-21-23(17-10-5-2-6-11-17,14-16-8-3-1-4-9-16)24-22(29)27(21)15-19-25-26-20(31-19)18-12-7-13-30-18/h1-13H,14-15H2,(H,24,29)/t23-/m1/s1. The van der Waals surface area contributed by atoms with Crippen LogP contribution >= 0.6 is 0 Å². The van der Waals surface area contributed by atoms with E-state index >= 15 is 0 Å². The minimum Gasteiger partial charge on any atom is -0.459 e. The van der Waals surface area contributed by atoms with Gasteiger partial charge < -0.3 is 14.2 Å². The highest BCUT2D eigenvalue weighted by atomic mass is 16.4. The van der Waals surface area contributed by atoms with Crippen LogP contribution in [0.4, 0.5) is 4.79 Å². The highest BCUT2D eigenvalue weighted by Gasteiger charge is 2.52. The van der Waals surface area contributed by atoms with Crippen LogP contribution in [0.3, 0.4) is 0 Å². The number of hydrogen-bond acceptors (Lipinski definition) is 6. The zero-order chi connectivity index (χ0) is 21.3. The first kappa shape index (κ1) is 18.8. The van der Waals surface area contributed by atoms with Gasteiger partial charge in [0.1, 0.15) is 6.54 Å².